The summed E-state index contributed by atoms with van der Waals surface area (Å²) in [5.74, 6) is 0.00270. The fourth-order valence-corrected chi connectivity index (χ4v) is 2.90. The van der Waals surface area contributed by atoms with Gasteiger partial charge in [-0.05, 0) is 39.2 Å². The molecule has 9 heteroatoms. The van der Waals surface area contributed by atoms with Crippen molar-refractivity contribution < 1.29 is 13.7 Å². The SMILES string of the molecule is CC1(C)OB(c2cccc(F)c2C=NNc2nc(N)cs2)OC1(C)C. The van der Waals surface area contributed by atoms with Gasteiger partial charge in [0.25, 0.3) is 0 Å². The second-order valence-corrected chi connectivity index (χ2v) is 7.64. The number of nitrogens with two attached hydrogens (primary N) is 1. The topological polar surface area (TPSA) is 81.8 Å². The lowest BCUT2D eigenvalue weighted by Crippen LogP contribution is -2.41. The van der Waals surface area contributed by atoms with Crippen molar-refractivity contribution >= 4 is 41.1 Å². The Labute approximate surface area is 150 Å². The van der Waals surface area contributed by atoms with Gasteiger partial charge in [0, 0.05) is 10.9 Å². The lowest BCUT2D eigenvalue weighted by Gasteiger charge is -2.32. The molecule has 132 valence electrons. The number of hydrogen-bond acceptors (Lipinski definition) is 7. The first-order valence-corrected chi connectivity index (χ1v) is 8.72. The molecule has 1 aliphatic rings. The molecule has 2 heterocycles. The minimum atomic E-state index is -0.669. The van der Waals surface area contributed by atoms with E-state index in [9.17, 15) is 4.39 Å². The van der Waals surface area contributed by atoms with Gasteiger partial charge in [-0.25, -0.2) is 9.37 Å². The summed E-state index contributed by atoms with van der Waals surface area (Å²) < 4.78 is 26.4. The molecule has 1 aliphatic heterocycles. The number of hydrazone groups is 1. The molecule has 2 aromatic rings. The number of nitrogens with one attached hydrogen (secondary N) is 1. The number of nitrogen functional groups attached to an aromatic ring is 1. The molecule has 1 saturated heterocycles. The smallest absolute Gasteiger partial charge is 0.399 e. The zero-order chi connectivity index (χ0) is 18.2. The largest absolute Gasteiger partial charge is 0.495 e. The van der Waals surface area contributed by atoms with Crippen LogP contribution in [-0.2, 0) is 9.31 Å². The summed E-state index contributed by atoms with van der Waals surface area (Å²) in [6, 6.07) is 4.77. The first-order chi connectivity index (χ1) is 11.7. The first kappa shape index (κ1) is 17.8. The molecule has 1 aromatic heterocycles. The minimum Gasteiger partial charge on any atom is -0.399 e. The molecule has 0 radical (unpaired) electrons. The number of hydrogen-bond donors (Lipinski definition) is 2. The van der Waals surface area contributed by atoms with Crippen LogP contribution in [0.2, 0.25) is 0 Å². The van der Waals surface area contributed by atoms with Gasteiger partial charge in [-0.3, -0.25) is 5.43 Å². The fourth-order valence-electron chi connectivity index (χ4n) is 2.36. The Kier molecular flexibility index (Phi) is 4.57. The number of benzene rings is 1. The van der Waals surface area contributed by atoms with Crippen LogP contribution in [0.1, 0.15) is 33.3 Å². The van der Waals surface area contributed by atoms with Crippen LogP contribution in [0, 0.1) is 5.82 Å². The summed E-state index contributed by atoms with van der Waals surface area (Å²) in [5, 5.41) is 6.28. The van der Waals surface area contributed by atoms with Crippen molar-refractivity contribution in [2.75, 3.05) is 11.2 Å². The van der Waals surface area contributed by atoms with E-state index in [4.69, 9.17) is 15.0 Å². The molecule has 3 rings (SSSR count). The van der Waals surface area contributed by atoms with Crippen molar-refractivity contribution in [3.63, 3.8) is 0 Å². The van der Waals surface area contributed by atoms with Crippen LogP contribution in [0.3, 0.4) is 0 Å². The summed E-state index contributed by atoms with van der Waals surface area (Å²) in [6.45, 7) is 7.81. The molecule has 0 spiro atoms. The maximum absolute atomic E-state index is 14.4. The lowest BCUT2D eigenvalue weighted by atomic mass is 9.76. The minimum absolute atomic E-state index is 0.304. The maximum atomic E-state index is 14.4. The third-order valence-corrected chi connectivity index (χ3v) is 5.23. The summed E-state index contributed by atoms with van der Waals surface area (Å²) in [4.78, 5) is 4.03. The fraction of sp³-hybridized carbons (Fsp3) is 0.375. The molecule has 0 saturated carbocycles. The third-order valence-electron chi connectivity index (χ3n) is 4.47. The predicted octanol–water partition coefficient (Wildman–Crippen LogP) is 2.61. The van der Waals surface area contributed by atoms with Crippen LogP contribution in [-0.4, -0.2) is 29.5 Å². The third kappa shape index (κ3) is 3.53. The van der Waals surface area contributed by atoms with E-state index in [0.717, 1.165) is 0 Å². The van der Waals surface area contributed by atoms with Gasteiger partial charge in [0.05, 0.1) is 17.4 Å². The van der Waals surface area contributed by atoms with Gasteiger partial charge in [-0.1, -0.05) is 12.1 Å². The molecule has 25 heavy (non-hydrogen) atoms. The van der Waals surface area contributed by atoms with Crippen molar-refractivity contribution in [1.82, 2.24) is 4.98 Å². The van der Waals surface area contributed by atoms with Gasteiger partial charge in [0.2, 0.25) is 5.13 Å². The van der Waals surface area contributed by atoms with E-state index < -0.39 is 24.1 Å². The van der Waals surface area contributed by atoms with Crippen LogP contribution in [0.25, 0.3) is 0 Å². The number of anilines is 2. The van der Waals surface area contributed by atoms with Crippen molar-refractivity contribution in [3.05, 3.63) is 35.0 Å². The molecule has 0 aliphatic carbocycles. The summed E-state index contributed by atoms with van der Waals surface area (Å²) in [7, 11) is -0.669. The Morgan fingerprint density at radius 3 is 2.56 bits per heavy atom. The molecule has 0 atom stereocenters. The lowest BCUT2D eigenvalue weighted by molar-refractivity contribution is 0.00578. The van der Waals surface area contributed by atoms with Crippen LogP contribution in [0.15, 0.2) is 28.7 Å². The molecule has 1 aromatic carbocycles. The van der Waals surface area contributed by atoms with E-state index in [1.54, 1.807) is 17.5 Å². The van der Waals surface area contributed by atoms with Gasteiger partial charge < -0.3 is 15.0 Å². The van der Waals surface area contributed by atoms with Crippen molar-refractivity contribution in [2.45, 2.75) is 38.9 Å². The van der Waals surface area contributed by atoms with E-state index in [2.05, 4.69) is 15.5 Å². The van der Waals surface area contributed by atoms with E-state index >= 15 is 0 Å². The Bertz CT molecular complexity index is 793. The number of nitrogens with zero attached hydrogens (tertiary/aromatic N) is 2. The number of halogens is 1. The van der Waals surface area contributed by atoms with Gasteiger partial charge in [-0.15, -0.1) is 11.3 Å². The average Bonchev–Trinajstić information content (AvgIpc) is 3.01. The molecular formula is C16H20BFN4O2S. The van der Waals surface area contributed by atoms with Gasteiger partial charge in [-0.2, -0.15) is 5.10 Å². The predicted molar refractivity (Wildman–Crippen MR) is 99.9 cm³/mol. The monoisotopic (exact) mass is 362 g/mol. The van der Waals surface area contributed by atoms with Crippen LogP contribution in [0.4, 0.5) is 15.3 Å². The van der Waals surface area contributed by atoms with Crippen LogP contribution >= 0.6 is 11.3 Å². The summed E-state index contributed by atoms with van der Waals surface area (Å²) in [6.07, 6.45) is 1.40. The average molecular weight is 362 g/mol. The highest BCUT2D eigenvalue weighted by Gasteiger charge is 2.52. The molecule has 3 N–H and O–H groups in total. The molecular weight excluding hydrogens is 342 g/mol. The van der Waals surface area contributed by atoms with Crippen molar-refractivity contribution in [2.24, 2.45) is 5.10 Å². The number of aromatic nitrogens is 1. The second-order valence-electron chi connectivity index (χ2n) is 6.78. The normalized spacial score (nSPS) is 18.8. The standard InChI is InChI=1S/C16H20BFN4O2S/c1-15(2)16(3,4)24-17(23-15)11-6-5-7-12(18)10(11)8-20-22-14-21-13(19)9-25-14/h5-9H,19H2,1-4H3,(H,21,22). The van der Waals surface area contributed by atoms with Crippen LogP contribution in [0.5, 0.6) is 0 Å². The van der Waals surface area contributed by atoms with Gasteiger partial charge in [0.1, 0.15) is 11.6 Å². The second kappa shape index (κ2) is 6.40. The molecule has 0 unspecified atom stereocenters. The van der Waals surface area contributed by atoms with Crippen LogP contribution < -0.4 is 16.6 Å². The Morgan fingerprint density at radius 1 is 1.28 bits per heavy atom. The quantitative estimate of drug-likeness (QED) is 0.496. The first-order valence-electron chi connectivity index (χ1n) is 7.84. The van der Waals surface area contributed by atoms with Gasteiger partial charge in [0.15, 0.2) is 0 Å². The van der Waals surface area contributed by atoms with E-state index in [0.29, 0.717) is 22.0 Å². The number of thiazole rings is 1. The summed E-state index contributed by atoms with van der Waals surface area (Å²) in [5.41, 5.74) is 8.18. The van der Waals surface area contributed by atoms with Crippen molar-refractivity contribution in [3.8, 4) is 0 Å². The molecule has 0 amide bonds. The van der Waals surface area contributed by atoms with Gasteiger partial charge >= 0.3 is 7.12 Å². The van der Waals surface area contributed by atoms with E-state index in [1.165, 1.54) is 23.6 Å². The molecule has 6 nitrogen and oxygen atoms in total. The molecule has 1 fully saturated rings. The van der Waals surface area contributed by atoms with E-state index in [1.807, 2.05) is 27.7 Å². The maximum Gasteiger partial charge on any atom is 0.495 e. The highest BCUT2D eigenvalue weighted by Crippen LogP contribution is 2.36. The highest BCUT2D eigenvalue weighted by atomic mass is 32.1. The highest BCUT2D eigenvalue weighted by molar-refractivity contribution is 7.14. The Morgan fingerprint density at radius 2 is 1.96 bits per heavy atom. The zero-order valence-corrected chi connectivity index (χ0v) is 15.4. The van der Waals surface area contributed by atoms with E-state index in [-0.39, 0.29) is 0 Å². The molecule has 0 bridgehead atoms. The number of rotatable bonds is 4. The Hall–Kier alpha value is -1.97. The zero-order valence-electron chi connectivity index (χ0n) is 14.5. The summed E-state index contributed by atoms with van der Waals surface area (Å²) >= 11 is 1.31. The Balaban J connectivity index is 1.85. The van der Waals surface area contributed by atoms with Crippen molar-refractivity contribution in [1.29, 1.82) is 0 Å².